The molecule has 0 saturated carbocycles. The quantitative estimate of drug-likeness (QED) is 0.811. The van der Waals surface area contributed by atoms with Gasteiger partial charge < -0.3 is 10.6 Å². The Morgan fingerprint density at radius 2 is 1.95 bits per heavy atom. The molecular weight excluding hydrogens is 252 g/mol. The van der Waals surface area contributed by atoms with E-state index >= 15 is 0 Å². The van der Waals surface area contributed by atoms with Gasteiger partial charge in [0.1, 0.15) is 0 Å². The van der Waals surface area contributed by atoms with Crippen LogP contribution in [-0.2, 0) is 5.75 Å². The van der Waals surface area contributed by atoms with Gasteiger partial charge in [0.25, 0.3) is 0 Å². The maximum Gasteiger partial charge on any atom is 0.0185 e. The number of likely N-dealkylation sites (tertiary alicyclic amines) is 1. The molecule has 0 radical (unpaired) electrons. The van der Waals surface area contributed by atoms with Crippen LogP contribution in [0.25, 0.3) is 0 Å². The molecule has 1 atom stereocenters. The summed E-state index contributed by atoms with van der Waals surface area (Å²) in [6.45, 7) is 5.84. The fourth-order valence-electron chi connectivity index (χ4n) is 2.66. The van der Waals surface area contributed by atoms with Crippen molar-refractivity contribution in [1.29, 1.82) is 0 Å². The average molecular weight is 278 g/mol. The lowest BCUT2D eigenvalue weighted by Crippen LogP contribution is -2.40. The normalized spacial score (nSPS) is 19.5. The van der Waals surface area contributed by atoms with Crippen molar-refractivity contribution in [1.82, 2.24) is 4.90 Å². The highest BCUT2D eigenvalue weighted by atomic mass is 32.2. The molecule has 1 saturated heterocycles. The Morgan fingerprint density at radius 3 is 2.58 bits per heavy atom. The molecule has 1 aliphatic rings. The molecule has 1 aromatic rings. The molecule has 1 fully saturated rings. The Labute approximate surface area is 121 Å². The molecule has 0 amide bonds. The summed E-state index contributed by atoms with van der Waals surface area (Å²) in [6, 6.07) is 11.1. The predicted octanol–water partition coefficient (Wildman–Crippen LogP) is 2.98. The van der Waals surface area contributed by atoms with Crippen molar-refractivity contribution in [2.24, 2.45) is 11.7 Å². The van der Waals surface area contributed by atoms with Gasteiger partial charge in [-0.3, -0.25) is 0 Å². The fraction of sp³-hybridized carbons (Fsp3) is 0.625. The second-order valence-corrected chi connectivity index (χ2v) is 6.68. The molecule has 19 heavy (non-hydrogen) atoms. The first-order chi connectivity index (χ1) is 9.25. The first-order valence-corrected chi connectivity index (χ1v) is 8.51. The molecule has 1 heterocycles. The van der Waals surface area contributed by atoms with Crippen molar-refractivity contribution in [3.05, 3.63) is 35.9 Å². The first-order valence-electron chi connectivity index (χ1n) is 7.35. The number of hydrogen-bond acceptors (Lipinski definition) is 3. The van der Waals surface area contributed by atoms with Gasteiger partial charge in [-0.25, -0.2) is 0 Å². The Morgan fingerprint density at radius 1 is 1.26 bits per heavy atom. The summed E-state index contributed by atoms with van der Waals surface area (Å²) >= 11 is 2.04. The average Bonchev–Trinajstić information content (AvgIpc) is 2.45. The van der Waals surface area contributed by atoms with Gasteiger partial charge in [-0.15, -0.1) is 0 Å². The van der Waals surface area contributed by atoms with Crippen molar-refractivity contribution in [3.63, 3.8) is 0 Å². The zero-order valence-electron chi connectivity index (χ0n) is 11.9. The van der Waals surface area contributed by atoms with Gasteiger partial charge >= 0.3 is 0 Å². The third-order valence-electron chi connectivity index (χ3n) is 4.04. The maximum atomic E-state index is 5.98. The fourth-order valence-corrected chi connectivity index (χ4v) is 3.62. The highest BCUT2D eigenvalue weighted by Crippen LogP contribution is 2.20. The van der Waals surface area contributed by atoms with Crippen molar-refractivity contribution in [2.45, 2.75) is 31.6 Å². The topological polar surface area (TPSA) is 29.3 Å². The number of thioether (sulfide) groups is 1. The highest BCUT2D eigenvalue weighted by Gasteiger charge is 2.21. The first kappa shape index (κ1) is 14.9. The number of benzene rings is 1. The summed E-state index contributed by atoms with van der Waals surface area (Å²) in [5.74, 6) is 3.11. The summed E-state index contributed by atoms with van der Waals surface area (Å²) < 4.78 is 0. The lowest BCUT2D eigenvalue weighted by Gasteiger charge is -2.33. The van der Waals surface area contributed by atoms with E-state index in [4.69, 9.17) is 5.73 Å². The van der Waals surface area contributed by atoms with Gasteiger partial charge in [0.15, 0.2) is 0 Å². The van der Waals surface area contributed by atoms with Crippen LogP contribution in [0.5, 0.6) is 0 Å². The van der Waals surface area contributed by atoms with Crippen LogP contribution in [0.3, 0.4) is 0 Å². The van der Waals surface area contributed by atoms with E-state index in [1.807, 2.05) is 11.8 Å². The molecule has 106 valence electrons. The monoisotopic (exact) mass is 278 g/mol. The summed E-state index contributed by atoms with van der Waals surface area (Å²) in [4.78, 5) is 2.59. The smallest absolute Gasteiger partial charge is 0.0185 e. The lowest BCUT2D eigenvalue weighted by atomic mass is 9.91. The molecule has 1 aliphatic heterocycles. The Bertz CT molecular complexity index is 345. The summed E-state index contributed by atoms with van der Waals surface area (Å²) in [6.07, 6.45) is 2.56. The van der Waals surface area contributed by atoms with Crippen LogP contribution in [0.15, 0.2) is 30.3 Å². The maximum absolute atomic E-state index is 5.98. The van der Waals surface area contributed by atoms with Gasteiger partial charge in [-0.1, -0.05) is 30.3 Å². The van der Waals surface area contributed by atoms with Gasteiger partial charge in [0.05, 0.1) is 0 Å². The van der Waals surface area contributed by atoms with Crippen molar-refractivity contribution >= 4 is 11.8 Å². The van der Waals surface area contributed by atoms with Gasteiger partial charge in [-0.05, 0) is 44.3 Å². The highest BCUT2D eigenvalue weighted by molar-refractivity contribution is 7.98. The van der Waals surface area contributed by atoms with E-state index in [1.165, 1.54) is 43.8 Å². The van der Waals surface area contributed by atoms with E-state index in [9.17, 15) is 0 Å². The molecule has 2 rings (SSSR count). The van der Waals surface area contributed by atoms with Crippen LogP contribution < -0.4 is 5.73 Å². The number of piperidine rings is 1. The van der Waals surface area contributed by atoms with Crippen LogP contribution in [0, 0.1) is 5.92 Å². The second-order valence-electron chi connectivity index (χ2n) is 5.58. The standard InChI is InChI=1S/C16H26N2S/c1-14(17)16-7-9-18(10-8-16)11-12-19-13-15-5-3-2-4-6-15/h2-6,14,16H,7-13,17H2,1H3. The van der Waals surface area contributed by atoms with Crippen molar-refractivity contribution < 1.29 is 0 Å². The minimum absolute atomic E-state index is 0.370. The van der Waals surface area contributed by atoms with Crippen LogP contribution in [0.2, 0.25) is 0 Å². The molecule has 1 aromatic carbocycles. The van der Waals surface area contributed by atoms with Crippen LogP contribution in [0.1, 0.15) is 25.3 Å². The van der Waals surface area contributed by atoms with Gasteiger partial charge in [0, 0.05) is 24.1 Å². The zero-order valence-corrected chi connectivity index (χ0v) is 12.7. The molecule has 0 bridgehead atoms. The molecule has 0 spiro atoms. The van der Waals surface area contributed by atoms with Crippen LogP contribution in [-0.4, -0.2) is 36.3 Å². The molecule has 2 N–H and O–H groups in total. The van der Waals surface area contributed by atoms with Crippen molar-refractivity contribution in [3.8, 4) is 0 Å². The Kier molecular flexibility index (Phi) is 6.21. The van der Waals surface area contributed by atoms with Gasteiger partial charge in [0.2, 0.25) is 0 Å². The minimum Gasteiger partial charge on any atom is -0.328 e. The molecule has 0 aromatic heterocycles. The minimum atomic E-state index is 0.370. The SMILES string of the molecule is CC(N)C1CCN(CCSCc2ccccc2)CC1. The summed E-state index contributed by atoms with van der Waals surface area (Å²) in [7, 11) is 0. The molecule has 3 heteroatoms. The summed E-state index contributed by atoms with van der Waals surface area (Å²) in [5, 5.41) is 0. The third kappa shape index (κ3) is 5.17. The van der Waals surface area contributed by atoms with E-state index in [2.05, 4.69) is 42.2 Å². The third-order valence-corrected chi connectivity index (χ3v) is 5.05. The van der Waals surface area contributed by atoms with Gasteiger partial charge in [-0.2, -0.15) is 11.8 Å². The van der Waals surface area contributed by atoms with Crippen LogP contribution in [0.4, 0.5) is 0 Å². The number of nitrogens with zero attached hydrogens (tertiary/aromatic N) is 1. The van der Waals surface area contributed by atoms with E-state index < -0.39 is 0 Å². The number of hydrogen-bond donors (Lipinski definition) is 1. The largest absolute Gasteiger partial charge is 0.328 e. The Balaban J connectivity index is 1.57. The molecular formula is C16H26N2S. The number of rotatable bonds is 6. The molecule has 2 nitrogen and oxygen atoms in total. The molecule has 1 unspecified atom stereocenters. The second kappa shape index (κ2) is 7.93. The van der Waals surface area contributed by atoms with Crippen molar-refractivity contribution in [2.75, 3.05) is 25.4 Å². The van der Waals surface area contributed by atoms with E-state index in [1.54, 1.807) is 0 Å². The zero-order chi connectivity index (χ0) is 13.5. The van der Waals surface area contributed by atoms with E-state index in [0.29, 0.717) is 6.04 Å². The molecule has 0 aliphatic carbocycles. The van der Waals surface area contributed by atoms with Crippen LogP contribution >= 0.6 is 11.8 Å². The lowest BCUT2D eigenvalue weighted by molar-refractivity contribution is 0.181. The van der Waals surface area contributed by atoms with E-state index in [0.717, 1.165) is 11.7 Å². The number of nitrogens with two attached hydrogens (primary N) is 1. The predicted molar refractivity (Wildman–Crippen MR) is 85.4 cm³/mol. The Hall–Kier alpha value is -0.510. The summed E-state index contributed by atoms with van der Waals surface area (Å²) in [5.41, 5.74) is 7.41. The van der Waals surface area contributed by atoms with E-state index in [-0.39, 0.29) is 0 Å².